The number of fused-ring (bicyclic) bond motifs is 1. The van der Waals surface area contributed by atoms with E-state index in [0.29, 0.717) is 12.0 Å². The molecule has 2 fully saturated rings. The lowest BCUT2D eigenvalue weighted by Gasteiger charge is -2.35. The van der Waals surface area contributed by atoms with Gasteiger partial charge in [0, 0.05) is 19.1 Å². The van der Waals surface area contributed by atoms with Crippen LogP contribution in [0.3, 0.4) is 0 Å². The number of aryl methyl sites for hydroxylation is 1. The standard InChI is InChI=1S/C15H19FN2O/c1-10-2-3-12(13(16)8-10)15(19)18-7-5-14-11(9-18)4-6-17-14/h2-3,8,11,14,17H,4-7,9H2,1H3. The van der Waals surface area contributed by atoms with Gasteiger partial charge in [-0.15, -0.1) is 0 Å². The molecule has 0 spiro atoms. The van der Waals surface area contributed by atoms with Gasteiger partial charge >= 0.3 is 0 Å². The predicted molar refractivity (Wildman–Crippen MR) is 71.6 cm³/mol. The Morgan fingerprint density at radius 2 is 2.26 bits per heavy atom. The van der Waals surface area contributed by atoms with Gasteiger partial charge in [-0.2, -0.15) is 0 Å². The number of likely N-dealkylation sites (tertiary alicyclic amines) is 1. The lowest BCUT2D eigenvalue weighted by molar-refractivity contribution is 0.0657. The highest BCUT2D eigenvalue weighted by molar-refractivity contribution is 5.94. The molecule has 2 atom stereocenters. The Hall–Kier alpha value is -1.42. The van der Waals surface area contributed by atoms with Crippen molar-refractivity contribution in [1.29, 1.82) is 0 Å². The Balaban J connectivity index is 1.76. The van der Waals surface area contributed by atoms with Crippen molar-refractivity contribution in [2.45, 2.75) is 25.8 Å². The lowest BCUT2D eigenvalue weighted by atomic mass is 9.93. The van der Waals surface area contributed by atoms with Crippen LogP contribution in [0.1, 0.15) is 28.8 Å². The topological polar surface area (TPSA) is 32.3 Å². The minimum Gasteiger partial charge on any atom is -0.338 e. The summed E-state index contributed by atoms with van der Waals surface area (Å²) in [5, 5.41) is 3.46. The van der Waals surface area contributed by atoms with Crippen LogP contribution in [0.5, 0.6) is 0 Å². The van der Waals surface area contributed by atoms with Gasteiger partial charge in [0.1, 0.15) is 5.82 Å². The molecule has 0 bridgehead atoms. The predicted octanol–water partition coefficient (Wildman–Crippen LogP) is 1.96. The van der Waals surface area contributed by atoms with Crippen molar-refractivity contribution in [2.24, 2.45) is 5.92 Å². The van der Waals surface area contributed by atoms with Gasteiger partial charge in [-0.1, -0.05) is 6.07 Å². The average molecular weight is 262 g/mol. The summed E-state index contributed by atoms with van der Waals surface area (Å²) in [6.07, 6.45) is 2.09. The normalized spacial score (nSPS) is 26.3. The van der Waals surface area contributed by atoms with E-state index in [1.165, 1.54) is 6.07 Å². The van der Waals surface area contributed by atoms with Gasteiger partial charge in [0.15, 0.2) is 0 Å². The zero-order valence-corrected chi connectivity index (χ0v) is 11.2. The number of hydrogen-bond acceptors (Lipinski definition) is 2. The number of amides is 1. The molecule has 1 amide bonds. The van der Waals surface area contributed by atoms with Gasteiger partial charge in [0.25, 0.3) is 5.91 Å². The van der Waals surface area contributed by atoms with E-state index in [1.807, 2.05) is 11.8 Å². The monoisotopic (exact) mass is 262 g/mol. The summed E-state index contributed by atoms with van der Waals surface area (Å²) >= 11 is 0. The molecule has 4 heteroatoms. The van der Waals surface area contributed by atoms with Gasteiger partial charge in [-0.25, -0.2) is 4.39 Å². The first-order valence-corrected chi connectivity index (χ1v) is 6.94. The molecule has 3 rings (SSSR count). The number of nitrogens with one attached hydrogen (secondary N) is 1. The molecular formula is C15H19FN2O. The number of hydrogen-bond donors (Lipinski definition) is 1. The maximum atomic E-state index is 13.9. The Kier molecular flexibility index (Phi) is 3.27. The van der Waals surface area contributed by atoms with E-state index < -0.39 is 5.82 Å². The third-order valence-corrected chi connectivity index (χ3v) is 4.30. The number of halogens is 1. The number of nitrogens with zero attached hydrogens (tertiary/aromatic N) is 1. The molecule has 0 aromatic heterocycles. The molecule has 2 heterocycles. The van der Waals surface area contributed by atoms with Crippen LogP contribution in [-0.2, 0) is 0 Å². The Morgan fingerprint density at radius 1 is 1.42 bits per heavy atom. The van der Waals surface area contributed by atoms with Gasteiger partial charge in [-0.05, 0) is 49.9 Å². The number of rotatable bonds is 1. The first-order valence-electron chi connectivity index (χ1n) is 6.94. The summed E-state index contributed by atoms with van der Waals surface area (Å²) < 4.78 is 13.9. The van der Waals surface area contributed by atoms with E-state index in [1.54, 1.807) is 12.1 Å². The van der Waals surface area contributed by atoms with Crippen LogP contribution in [-0.4, -0.2) is 36.5 Å². The average Bonchev–Trinajstić information content (AvgIpc) is 2.85. The second kappa shape index (κ2) is 4.93. The molecule has 1 N–H and O–H groups in total. The molecule has 2 unspecified atom stereocenters. The van der Waals surface area contributed by atoms with E-state index in [4.69, 9.17) is 0 Å². The fraction of sp³-hybridized carbons (Fsp3) is 0.533. The third kappa shape index (κ3) is 2.37. The number of piperidine rings is 1. The third-order valence-electron chi connectivity index (χ3n) is 4.30. The Morgan fingerprint density at radius 3 is 3.05 bits per heavy atom. The summed E-state index contributed by atoms with van der Waals surface area (Å²) in [4.78, 5) is 14.2. The molecule has 3 nitrogen and oxygen atoms in total. The van der Waals surface area contributed by atoms with Crippen molar-refractivity contribution in [3.8, 4) is 0 Å². The minimum absolute atomic E-state index is 0.164. The van der Waals surface area contributed by atoms with Crippen molar-refractivity contribution < 1.29 is 9.18 Å². The molecule has 1 aromatic carbocycles. The fourth-order valence-corrected chi connectivity index (χ4v) is 3.20. The van der Waals surface area contributed by atoms with Crippen LogP contribution in [0.25, 0.3) is 0 Å². The van der Waals surface area contributed by atoms with Crippen LogP contribution < -0.4 is 5.32 Å². The smallest absolute Gasteiger partial charge is 0.256 e. The van der Waals surface area contributed by atoms with Gasteiger partial charge < -0.3 is 10.2 Å². The number of carbonyl (C=O) groups is 1. The molecule has 0 radical (unpaired) electrons. The molecule has 2 aliphatic rings. The summed E-state index contributed by atoms with van der Waals surface area (Å²) in [7, 11) is 0. The zero-order valence-electron chi connectivity index (χ0n) is 11.2. The van der Waals surface area contributed by atoms with Gasteiger partial charge in [0.2, 0.25) is 0 Å². The van der Waals surface area contributed by atoms with Crippen LogP contribution in [0, 0.1) is 18.7 Å². The molecular weight excluding hydrogens is 243 g/mol. The first kappa shape index (κ1) is 12.6. The minimum atomic E-state index is -0.406. The summed E-state index contributed by atoms with van der Waals surface area (Å²) in [6.45, 7) is 4.34. The van der Waals surface area contributed by atoms with Crippen LogP contribution in [0.15, 0.2) is 18.2 Å². The van der Waals surface area contributed by atoms with E-state index in [-0.39, 0.29) is 11.5 Å². The quantitative estimate of drug-likeness (QED) is 0.839. The van der Waals surface area contributed by atoms with Crippen molar-refractivity contribution in [3.05, 3.63) is 35.1 Å². The first-order chi connectivity index (χ1) is 9.15. The van der Waals surface area contributed by atoms with E-state index in [0.717, 1.165) is 38.0 Å². The highest BCUT2D eigenvalue weighted by Crippen LogP contribution is 2.26. The van der Waals surface area contributed by atoms with Crippen molar-refractivity contribution in [2.75, 3.05) is 19.6 Å². The fourth-order valence-electron chi connectivity index (χ4n) is 3.20. The van der Waals surface area contributed by atoms with Crippen LogP contribution in [0.4, 0.5) is 4.39 Å². The maximum Gasteiger partial charge on any atom is 0.256 e. The Bertz CT molecular complexity index is 503. The summed E-state index contributed by atoms with van der Waals surface area (Å²) in [6, 6.07) is 5.37. The zero-order chi connectivity index (χ0) is 13.4. The molecule has 2 aliphatic heterocycles. The molecule has 2 saturated heterocycles. The summed E-state index contributed by atoms with van der Waals surface area (Å²) in [5.41, 5.74) is 1.04. The van der Waals surface area contributed by atoms with Gasteiger partial charge in [0.05, 0.1) is 5.56 Å². The van der Waals surface area contributed by atoms with E-state index in [9.17, 15) is 9.18 Å². The Labute approximate surface area is 112 Å². The molecule has 102 valence electrons. The molecule has 0 aliphatic carbocycles. The highest BCUT2D eigenvalue weighted by atomic mass is 19.1. The number of carbonyl (C=O) groups excluding carboxylic acids is 1. The van der Waals surface area contributed by atoms with E-state index >= 15 is 0 Å². The largest absolute Gasteiger partial charge is 0.338 e. The SMILES string of the molecule is Cc1ccc(C(=O)N2CCC3NCCC3C2)c(F)c1. The van der Waals surface area contributed by atoms with Crippen LogP contribution >= 0.6 is 0 Å². The van der Waals surface area contributed by atoms with Crippen LogP contribution in [0.2, 0.25) is 0 Å². The van der Waals surface area contributed by atoms with E-state index in [2.05, 4.69) is 5.32 Å². The molecule has 0 saturated carbocycles. The van der Waals surface area contributed by atoms with Crippen molar-refractivity contribution >= 4 is 5.91 Å². The molecule has 1 aromatic rings. The second-order valence-corrected chi connectivity index (χ2v) is 5.63. The number of benzene rings is 1. The maximum absolute atomic E-state index is 13.9. The van der Waals surface area contributed by atoms with Crippen molar-refractivity contribution in [1.82, 2.24) is 10.2 Å². The van der Waals surface area contributed by atoms with Gasteiger partial charge in [-0.3, -0.25) is 4.79 Å². The molecule has 19 heavy (non-hydrogen) atoms. The highest BCUT2D eigenvalue weighted by Gasteiger charge is 2.34. The second-order valence-electron chi connectivity index (χ2n) is 5.63. The van der Waals surface area contributed by atoms with Crippen molar-refractivity contribution in [3.63, 3.8) is 0 Å². The lowest BCUT2D eigenvalue weighted by Crippen LogP contribution is -2.47. The summed E-state index contributed by atoms with van der Waals surface area (Å²) in [5.74, 6) is -0.0364.